The van der Waals surface area contributed by atoms with Gasteiger partial charge in [-0.15, -0.1) is 11.3 Å². The standard InChI is InChI=1S/C14H18N2OS/c1-10-3-4-12(7-11(10)2)17-6-5-14-16-9-13(8-15)18-14/h3-4,7,9H,5-6,8,15H2,1-2H3. The van der Waals surface area contributed by atoms with E-state index >= 15 is 0 Å². The molecule has 2 rings (SSSR count). The number of nitrogens with two attached hydrogens (primary N) is 1. The van der Waals surface area contributed by atoms with Crippen LogP contribution in [0.15, 0.2) is 24.4 Å². The lowest BCUT2D eigenvalue weighted by atomic mass is 10.1. The van der Waals surface area contributed by atoms with Crippen molar-refractivity contribution in [2.75, 3.05) is 6.61 Å². The largest absolute Gasteiger partial charge is 0.493 e. The molecule has 4 heteroatoms. The molecule has 0 fully saturated rings. The van der Waals surface area contributed by atoms with Crippen LogP contribution in [0.4, 0.5) is 0 Å². The Hall–Kier alpha value is -1.39. The fourth-order valence-corrected chi connectivity index (χ4v) is 2.40. The van der Waals surface area contributed by atoms with E-state index in [9.17, 15) is 0 Å². The molecule has 0 aliphatic carbocycles. The fourth-order valence-electron chi connectivity index (χ4n) is 1.62. The Morgan fingerprint density at radius 3 is 2.78 bits per heavy atom. The van der Waals surface area contributed by atoms with E-state index in [4.69, 9.17) is 10.5 Å². The van der Waals surface area contributed by atoms with Crippen LogP contribution in [0.25, 0.3) is 0 Å². The van der Waals surface area contributed by atoms with Gasteiger partial charge in [0.05, 0.1) is 11.6 Å². The molecule has 0 aliphatic rings. The van der Waals surface area contributed by atoms with E-state index in [2.05, 4.69) is 31.0 Å². The van der Waals surface area contributed by atoms with Gasteiger partial charge in [0.15, 0.2) is 0 Å². The third-order valence-electron chi connectivity index (χ3n) is 2.87. The first-order valence-electron chi connectivity index (χ1n) is 6.02. The van der Waals surface area contributed by atoms with Gasteiger partial charge in [-0.2, -0.15) is 0 Å². The molecule has 0 aliphatic heterocycles. The summed E-state index contributed by atoms with van der Waals surface area (Å²) in [6, 6.07) is 6.17. The summed E-state index contributed by atoms with van der Waals surface area (Å²) in [7, 11) is 0. The molecule has 2 aromatic rings. The van der Waals surface area contributed by atoms with Crippen LogP contribution in [-0.2, 0) is 13.0 Å². The van der Waals surface area contributed by atoms with Crippen molar-refractivity contribution in [3.05, 3.63) is 45.4 Å². The topological polar surface area (TPSA) is 48.1 Å². The van der Waals surface area contributed by atoms with Gasteiger partial charge in [0.1, 0.15) is 5.75 Å². The number of hydrogen-bond acceptors (Lipinski definition) is 4. The molecule has 0 amide bonds. The Balaban J connectivity index is 1.86. The lowest BCUT2D eigenvalue weighted by molar-refractivity contribution is 0.321. The van der Waals surface area contributed by atoms with Crippen molar-refractivity contribution < 1.29 is 4.74 Å². The quantitative estimate of drug-likeness (QED) is 0.901. The lowest BCUT2D eigenvalue weighted by Gasteiger charge is -2.07. The summed E-state index contributed by atoms with van der Waals surface area (Å²) in [5.74, 6) is 0.925. The number of aryl methyl sites for hydroxylation is 2. The molecule has 1 aromatic carbocycles. The first-order valence-corrected chi connectivity index (χ1v) is 6.84. The van der Waals surface area contributed by atoms with Gasteiger partial charge < -0.3 is 10.5 Å². The molecule has 0 unspecified atom stereocenters. The zero-order chi connectivity index (χ0) is 13.0. The van der Waals surface area contributed by atoms with Crippen LogP contribution < -0.4 is 10.5 Å². The highest BCUT2D eigenvalue weighted by molar-refractivity contribution is 7.11. The third-order valence-corrected chi connectivity index (χ3v) is 3.95. The Bertz CT molecular complexity index is 522. The van der Waals surface area contributed by atoms with Crippen molar-refractivity contribution >= 4 is 11.3 Å². The molecule has 0 spiro atoms. The maximum atomic E-state index is 5.72. The molecule has 1 aromatic heterocycles. The van der Waals surface area contributed by atoms with Crippen LogP contribution in [0.1, 0.15) is 21.0 Å². The molecule has 0 radical (unpaired) electrons. The summed E-state index contributed by atoms with van der Waals surface area (Å²) in [5.41, 5.74) is 8.10. The number of hydrogen-bond donors (Lipinski definition) is 1. The smallest absolute Gasteiger partial charge is 0.119 e. The second-order valence-corrected chi connectivity index (χ2v) is 5.47. The Morgan fingerprint density at radius 1 is 1.28 bits per heavy atom. The number of thiazole rings is 1. The van der Waals surface area contributed by atoms with Gasteiger partial charge in [-0.25, -0.2) is 4.98 Å². The molecule has 1 heterocycles. The number of ether oxygens (including phenoxy) is 1. The second kappa shape index (κ2) is 5.98. The van der Waals surface area contributed by atoms with E-state index in [1.54, 1.807) is 11.3 Å². The van der Waals surface area contributed by atoms with E-state index < -0.39 is 0 Å². The summed E-state index contributed by atoms with van der Waals surface area (Å²) < 4.78 is 5.72. The summed E-state index contributed by atoms with van der Waals surface area (Å²) in [4.78, 5) is 5.43. The first-order chi connectivity index (χ1) is 8.69. The van der Waals surface area contributed by atoms with Gasteiger partial charge in [-0.3, -0.25) is 0 Å². The van der Waals surface area contributed by atoms with Gasteiger partial charge in [0.25, 0.3) is 0 Å². The van der Waals surface area contributed by atoms with Crippen molar-refractivity contribution in [3.63, 3.8) is 0 Å². The Labute approximate surface area is 112 Å². The van der Waals surface area contributed by atoms with Crippen LogP contribution in [0, 0.1) is 13.8 Å². The monoisotopic (exact) mass is 262 g/mol. The van der Waals surface area contributed by atoms with Crippen LogP contribution in [0.2, 0.25) is 0 Å². The van der Waals surface area contributed by atoms with Crippen LogP contribution in [0.3, 0.4) is 0 Å². The summed E-state index contributed by atoms with van der Waals surface area (Å²) in [6.07, 6.45) is 2.67. The molecule has 0 atom stereocenters. The maximum Gasteiger partial charge on any atom is 0.119 e. The molecular formula is C14H18N2OS. The van der Waals surface area contributed by atoms with Gasteiger partial charge in [0.2, 0.25) is 0 Å². The van der Waals surface area contributed by atoms with E-state index in [0.717, 1.165) is 22.1 Å². The molecule has 0 bridgehead atoms. The molecular weight excluding hydrogens is 244 g/mol. The minimum absolute atomic E-state index is 0.565. The highest BCUT2D eigenvalue weighted by Crippen LogP contribution is 2.17. The fraction of sp³-hybridized carbons (Fsp3) is 0.357. The lowest BCUT2D eigenvalue weighted by Crippen LogP contribution is -2.01. The van der Waals surface area contributed by atoms with Gasteiger partial charge in [-0.1, -0.05) is 6.07 Å². The predicted molar refractivity (Wildman–Crippen MR) is 75.1 cm³/mol. The summed E-state index contributed by atoms with van der Waals surface area (Å²) in [5, 5.41) is 1.08. The van der Waals surface area contributed by atoms with Crippen LogP contribution in [-0.4, -0.2) is 11.6 Å². The zero-order valence-corrected chi connectivity index (χ0v) is 11.6. The number of aromatic nitrogens is 1. The maximum absolute atomic E-state index is 5.72. The normalized spacial score (nSPS) is 10.6. The number of nitrogens with zero attached hydrogens (tertiary/aromatic N) is 1. The zero-order valence-electron chi connectivity index (χ0n) is 10.8. The predicted octanol–water partition coefficient (Wildman–Crippen LogP) is 2.84. The van der Waals surface area contributed by atoms with Crippen molar-refractivity contribution in [3.8, 4) is 5.75 Å². The molecule has 3 nitrogen and oxygen atoms in total. The minimum atomic E-state index is 0.565. The highest BCUT2D eigenvalue weighted by Gasteiger charge is 2.02. The Kier molecular flexibility index (Phi) is 4.33. The first kappa shape index (κ1) is 13.1. The number of rotatable bonds is 5. The number of benzene rings is 1. The van der Waals surface area contributed by atoms with E-state index in [-0.39, 0.29) is 0 Å². The van der Waals surface area contributed by atoms with Crippen molar-refractivity contribution in [2.45, 2.75) is 26.8 Å². The third kappa shape index (κ3) is 3.31. The summed E-state index contributed by atoms with van der Waals surface area (Å²) >= 11 is 1.66. The average Bonchev–Trinajstić information content (AvgIpc) is 2.82. The molecule has 18 heavy (non-hydrogen) atoms. The summed E-state index contributed by atoms with van der Waals surface area (Å²) in [6.45, 7) is 5.41. The van der Waals surface area contributed by atoms with Crippen LogP contribution in [0.5, 0.6) is 5.75 Å². The van der Waals surface area contributed by atoms with Crippen LogP contribution >= 0.6 is 11.3 Å². The minimum Gasteiger partial charge on any atom is -0.493 e. The van der Waals surface area contributed by atoms with E-state index in [1.807, 2.05) is 12.3 Å². The van der Waals surface area contributed by atoms with E-state index in [0.29, 0.717) is 13.2 Å². The second-order valence-electron chi connectivity index (χ2n) is 4.27. The van der Waals surface area contributed by atoms with Crippen molar-refractivity contribution in [2.24, 2.45) is 5.73 Å². The average molecular weight is 262 g/mol. The van der Waals surface area contributed by atoms with Gasteiger partial charge in [0, 0.05) is 24.0 Å². The van der Waals surface area contributed by atoms with Gasteiger partial charge >= 0.3 is 0 Å². The molecule has 2 N–H and O–H groups in total. The molecule has 96 valence electrons. The SMILES string of the molecule is Cc1ccc(OCCc2ncc(CN)s2)cc1C. The van der Waals surface area contributed by atoms with Gasteiger partial charge in [-0.05, 0) is 37.1 Å². The Morgan fingerprint density at radius 2 is 2.11 bits per heavy atom. The molecule has 0 saturated carbocycles. The highest BCUT2D eigenvalue weighted by atomic mass is 32.1. The molecule has 0 saturated heterocycles. The van der Waals surface area contributed by atoms with Crippen molar-refractivity contribution in [1.82, 2.24) is 4.98 Å². The van der Waals surface area contributed by atoms with E-state index in [1.165, 1.54) is 11.1 Å². The van der Waals surface area contributed by atoms with Crippen molar-refractivity contribution in [1.29, 1.82) is 0 Å².